The lowest BCUT2D eigenvalue weighted by molar-refractivity contribution is 0.139. The van der Waals surface area contributed by atoms with Crippen LogP contribution in [0.2, 0.25) is 5.02 Å². The molecular formula is C10H8Cl2O. The molecule has 1 nitrogen and oxygen atoms in total. The number of benzene rings is 1. The Hall–Kier alpha value is -0.680. The van der Waals surface area contributed by atoms with E-state index in [0.717, 1.165) is 5.56 Å². The summed E-state index contributed by atoms with van der Waals surface area (Å²) in [5.41, 5.74) is 0.342. The highest BCUT2D eigenvalue weighted by Gasteiger charge is 2.06. The standard InChI is InChI=1S/C10H8Cl2O/c1-2-7-13-10(12)8-3-5-9(11)6-4-8/h1,3-6,10H,7H2. The Kier molecular flexibility index (Phi) is 4.11. The molecule has 0 fully saturated rings. The zero-order valence-corrected chi connectivity index (χ0v) is 8.35. The molecule has 0 aliphatic heterocycles. The topological polar surface area (TPSA) is 9.23 Å². The van der Waals surface area contributed by atoms with Crippen molar-refractivity contribution in [2.75, 3.05) is 6.61 Å². The van der Waals surface area contributed by atoms with Gasteiger partial charge in [-0.25, -0.2) is 0 Å². The monoisotopic (exact) mass is 214 g/mol. The molecule has 0 radical (unpaired) electrons. The van der Waals surface area contributed by atoms with Gasteiger partial charge in [-0.3, -0.25) is 0 Å². The fraction of sp³-hybridized carbons (Fsp3) is 0.200. The zero-order valence-electron chi connectivity index (χ0n) is 6.84. The summed E-state index contributed by atoms with van der Waals surface area (Å²) in [6, 6.07) is 7.12. The van der Waals surface area contributed by atoms with E-state index in [1.54, 1.807) is 24.3 Å². The van der Waals surface area contributed by atoms with E-state index in [0.29, 0.717) is 5.02 Å². The lowest BCUT2D eigenvalue weighted by Crippen LogP contribution is -1.97. The highest BCUT2D eigenvalue weighted by atomic mass is 35.5. The minimum absolute atomic E-state index is 0.205. The second-order valence-electron chi connectivity index (χ2n) is 2.38. The van der Waals surface area contributed by atoms with Crippen LogP contribution in [-0.2, 0) is 4.74 Å². The van der Waals surface area contributed by atoms with Crippen molar-refractivity contribution in [3.05, 3.63) is 34.9 Å². The first-order valence-electron chi connectivity index (χ1n) is 3.68. The van der Waals surface area contributed by atoms with E-state index in [1.165, 1.54) is 0 Å². The highest BCUT2D eigenvalue weighted by molar-refractivity contribution is 6.30. The summed E-state index contributed by atoms with van der Waals surface area (Å²) in [7, 11) is 0. The summed E-state index contributed by atoms with van der Waals surface area (Å²) in [6.07, 6.45) is 5.02. The van der Waals surface area contributed by atoms with Crippen molar-refractivity contribution in [1.29, 1.82) is 0 Å². The summed E-state index contributed by atoms with van der Waals surface area (Å²) in [4.78, 5) is 0. The van der Waals surface area contributed by atoms with Crippen molar-refractivity contribution >= 4 is 23.2 Å². The van der Waals surface area contributed by atoms with E-state index in [9.17, 15) is 0 Å². The van der Waals surface area contributed by atoms with E-state index in [1.807, 2.05) is 0 Å². The van der Waals surface area contributed by atoms with Crippen LogP contribution < -0.4 is 0 Å². The maximum atomic E-state index is 5.88. The molecule has 0 amide bonds. The summed E-state index contributed by atoms with van der Waals surface area (Å²) >= 11 is 11.6. The van der Waals surface area contributed by atoms with Crippen molar-refractivity contribution in [1.82, 2.24) is 0 Å². The first-order valence-corrected chi connectivity index (χ1v) is 4.50. The quantitative estimate of drug-likeness (QED) is 0.555. The summed E-state index contributed by atoms with van der Waals surface area (Å²) in [5, 5.41) is 0.671. The van der Waals surface area contributed by atoms with Gasteiger partial charge in [-0.05, 0) is 17.7 Å². The Morgan fingerprint density at radius 3 is 2.54 bits per heavy atom. The molecule has 13 heavy (non-hydrogen) atoms. The molecule has 0 aliphatic carbocycles. The van der Waals surface area contributed by atoms with Gasteiger partial charge in [-0.2, -0.15) is 0 Å². The molecule has 1 aromatic carbocycles. The first-order chi connectivity index (χ1) is 6.24. The Morgan fingerprint density at radius 1 is 1.38 bits per heavy atom. The number of hydrogen-bond donors (Lipinski definition) is 0. The van der Waals surface area contributed by atoms with Gasteiger partial charge in [0, 0.05) is 5.02 Å². The molecule has 0 saturated heterocycles. The number of terminal acetylenes is 1. The van der Waals surface area contributed by atoms with Crippen molar-refractivity contribution in [3.63, 3.8) is 0 Å². The summed E-state index contributed by atoms with van der Waals surface area (Å²) in [6.45, 7) is 0.205. The van der Waals surface area contributed by atoms with E-state index in [2.05, 4.69) is 5.92 Å². The average Bonchev–Trinajstić information content (AvgIpc) is 2.15. The molecule has 0 aliphatic rings. The Balaban J connectivity index is 2.62. The normalized spacial score (nSPS) is 12.1. The predicted molar refractivity (Wildman–Crippen MR) is 54.8 cm³/mol. The van der Waals surface area contributed by atoms with Crippen LogP contribution in [-0.4, -0.2) is 6.61 Å². The van der Waals surface area contributed by atoms with Crippen LogP contribution >= 0.6 is 23.2 Å². The van der Waals surface area contributed by atoms with Crippen LogP contribution in [0, 0.1) is 12.3 Å². The van der Waals surface area contributed by atoms with Crippen LogP contribution in [0.3, 0.4) is 0 Å². The molecule has 0 aromatic heterocycles. The van der Waals surface area contributed by atoms with Crippen LogP contribution in [0.5, 0.6) is 0 Å². The molecule has 68 valence electrons. The number of alkyl halides is 1. The largest absolute Gasteiger partial charge is 0.346 e. The lowest BCUT2D eigenvalue weighted by Gasteiger charge is -2.08. The fourth-order valence-electron chi connectivity index (χ4n) is 0.832. The van der Waals surface area contributed by atoms with E-state index in [4.69, 9.17) is 34.4 Å². The molecular weight excluding hydrogens is 207 g/mol. The smallest absolute Gasteiger partial charge is 0.157 e. The van der Waals surface area contributed by atoms with Gasteiger partial charge in [0.25, 0.3) is 0 Å². The molecule has 0 spiro atoms. The molecule has 1 rings (SSSR count). The van der Waals surface area contributed by atoms with Crippen molar-refractivity contribution in [2.24, 2.45) is 0 Å². The Morgan fingerprint density at radius 2 is 2.00 bits per heavy atom. The summed E-state index contributed by atoms with van der Waals surface area (Å²) in [5.74, 6) is 2.35. The molecule has 3 heteroatoms. The molecule has 0 bridgehead atoms. The number of halogens is 2. The first kappa shape index (κ1) is 10.4. The Bertz CT molecular complexity index is 300. The predicted octanol–water partition coefficient (Wildman–Crippen LogP) is 3.23. The zero-order chi connectivity index (χ0) is 9.68. The van der Waals surface area contributed by atoms with Crippen molar-refractivity contribution in [2.45, 2.75) is 5.56 Å². The van der Waals surface area contributed by atoms with Gasteiger partial charge >= 0.3 is 0 Å². The van der Waals surface area contributed by atoms with Crippen LogP contribution in [0.15, 0.2) is 24.3 Å². The van der Waals surface area contributed by atoms with Crippen LogP contribution in [0.1, 0.15) is 11.1 Å². The molecule has 0 N–H and O–H groups in total. The van der Waals surface area contributed by atoms with Gasteiger partial charge in [0.15, 0.2) is 5.56 Å². The third kappa shape index (κ3) is 3.28. The van der Waals surface area contributed by atoms with Crippen molar-refractivity contribution < 1.29 is 4.74 Å². The highest BCUT2D eigenvalue weighted by Crippen LogP contribution is 2.22. The van der Waals surface area contributed by atoms with Gasteiger partial charge in [-0.15, -0.1) is 6.42 Å². The number of hydrogen-bond acceptors (Lipinski definition) is 1. The lowest BCUT2D eigenvalue weighted by atomic mass is 10.2. The molecule has 0 saturated carbocycles. The van der Waals surface area contributed by atoms with Crippen LogP contribution in [0.25, 0.3) is 0 Å². The molecule has 1 aromatic rings. The number of ether oxygens (including phenoxy) is 1. The maximum Gasteiger partial charge on any atom is 0.157 e. The SMILES string of the molecule is C#CCOC(Cl)c1ccc(Cl)cc1. The van der Waals surface area contributed by atoms with Gasteiger partial charge in [0.05, 0.1) is 0 Å². The molecule has 1 atom stereocenters. The van der Waals surface area contributed by atoms with Crippen LogP contribution in [0.4, 0.5) is 0 Å². The average molecular weight is 215 g/mol. The summed E-state index contributed by atoms with van der Waals surface area (Å²) < 4.78 is 5.10. The van der Waals surface area contributed by atoms with Gasteiger partial charge in [0.1, 0.15) is 6.61 Å². The minimum Gasteiger partial charge on any atom is -0.346 e. The maximum absolute atomic E-state index is 5.88. The second-order valence-corrected chi connectivity index (χ2v) is 3.22. The molecule has 1 unspecified atom stereocenters. The second kappa shape index (κ2) is 5.14. The van der Waals surface area contributed by atoms with Gasteiger partial charge in [-0.1, -0.05) is 41.3 Å². The third-order valence-electron chi connectivity index (χ3n) is 1.45. The number of rotatable bonds is 3. The van der Waals surface area contributed by atoms with E-state index < -0.39 is 5.56 Å². The molecule has 0 heterocycles. The van der Waals surface area contributed by atoms with Gasteiger partial charge in [0.2, 0.25) is 0 Å². The minimum atomic E-state index is -0.506. The van der Waals surface area contributed by atoms with E-state index in [-0.39, 0.29) is 6.61 Å². The third-order valence-corrected chi connectivity index (χ3v) is 2.08. The fourth-order valence-corrected chi connectivity index (χ4v) is 1.17. The van der Waals surface area contributed by atoms with Crippen molar-refractivity contribution in [3.8, 4) is 12.3 Å². The van der Waals surface area contributed by atoms with E-state index >= 15 is 0 Å². The van der Waals surface area contributed by atoms with Gasteiger partial charge < -0.3 is 4.74 Å². The Labute approximate surface area is 87.6 Å².